The van der Waals surface area contributed by atoms with Crippen LogP contribution in [0, 0.1) is 0 Å². The molecule has 1 atom stereocenters. The molecule has 10 heavy (non-hydrogen) atoms. The van der Waals surface area contributed by atoms with E-state index in [0.29, 0.717) is 0 Å². The van der Waals surface area contributed by atoms with Crippen LogP contribution in [0.2, 0.25) is 0 Å². The van der Waals surface area contributed by atoms with Crippen molar-refractivity contribution in [2.24, 2.45) is 0 Å². The molecule has 0 aromatic heterocycles. The average Bonchev–Trinajstić information content (AvgIpc) is 1.98. The number of allylic oxidation sites excluding steroid dienone is 2. The van der Waals surface area contributed by atoms with E-state index >= 15 is 0 Å². The Morgan fingerprint density at radius 3 is 2.70 bits per heavy atom. The molecule has 0 fully saturated rings. The third-order valence-electron chi connectivity index (χ3n) is 1.06. The summed E-state index contributed by atoms with van der Waals surface area (Å²) in [4.78, 5) is 0. The van der Waals surface area contributed by atoms with Gasteiger partial charge in [0.25, 0.3) is 0 Å². The molecule has 1 unspecified atom stereocenters. The Kier molecular flexibility index (Phi) is 6.12. The molecule has 56 valence electrons. The zero-order chi connectivity index (χ0) is 7.82. The molecule has 2 heteroatoms. The molecule has 0 aromatic rings. The number of rotatable bonds is 5. The predicted octanol–water partition coefficient (Wildman–Crippen LogP) is 1.36. The Bertz CT molecular complexity index is 129. The number of hydrogen-bond donors (Lipinski definition) is 0. The summed E-state index contributed by atoms with van der Waals surface area (Å²) in [6.07, 6.45) is 5.67. The van der Waals surface area contributed by atoms with Crippen LogP contribution >= 0.6 is 0 Å². The Morgan fingerprint density at radius 1 is 1.50 bits per heavy atom. The Morgan fingerprint density at radius 2 is 2.20 bits per heavy atom. The first-order valence-corrected chi connectivity index (χ1v) is 4.72. The summed E-state index contributed by atoms with van der Waals surface area (Å²) >= 11 is 0. The van der Waals surface area contributed by atoms with Crippen molar-refractivity contribution >= 4 is 9.76 Å². The fraction of sp³-hybridized carbons (Fsp3) is 0.250. The maximum Gasteiger partial charge on any atom is 0.185 e. The van der Waals surface area contributed by atoms with E-state index in [1.807, 2.05) is 18.7 Å². The van der Waals surface area contributed by atoms with E-state index in [-0.39, 0.29) is 6.10 Å². The Balaban J connectivity index is 3.26. The van der Waals surface area contributed by atoms with Crippen LogP contribution in [0.25, 0.3) is 0 Å². The largest absolute Gasteiger partial charge is 0.413 e. The predicted molar refractivity (Wildman–Crippen MR) is 48.6 cm³/mol. The lowest BCUT2D eigenvalue weighted by Crippen LogP contribution is -2.05. The highest BCUT2D eigenvalue weighted by Gasteiger charge is 1.89. The van der Waals surface area contributed by atoms with E-state index < -0.39 is 9.76 Å². The molecule has 0 aliphatic carbocycles. The van der Waals surface area contributed by atoms with Crippen LogP contribution in [0.3, 0.4) is 0 Å². The molecule has 0 amide bonds. The quantitative estimate of drug-likeness (QED) is 0.330. The summed E-state index contributed by atoms with van der Waals surface area (Å²) in [6, 6.07) is 0. The minimum Gasteiger partial charge on any atom is -0.413 e. The van der Waals surface area contributed by atoms with E-state index in [4.69, 9.17) is 4.43 Å². The highest BCUT2D eigenvalue weighted by Crippen LogP contribution is 1.88. The van der Waals surface area contributed by atoms with Crippen molar-refractivity contribution in [3.05, 3.63) is 37.1 Å². The summed E-state index contributed by atoms with van der Waals surface area (Å²) in [5, 5.41) is 0. The molecular formula is C8H14OSi. The van der Waals surface area contributed by atoms with Crippen LogP contribution in [-0.4, -0.2) is 15.9 Å². The van der Waals surface area contributed by atoms with Gasteiger partial charge in [-0.3, -0.25) is 0 Å². The second-order valence-corrected chi connectivity index (χ2v) is 3.08. The van der Waals surface area contributed by atoms with Gasteiger partial charge in [0.15, 0.2) is 9.76 Å². The fourth-order valence-corrected chi connectivity index (χ4v) is 1.28. The van der Waals surface area contributed by atoms with Crippen LogP contribution in [-0.2, 0) is 4.43 Å². The monoisotopic (exact) mass is 154 g/mol. The molecule has 1 nitrogen and oxygen atoms in total. The van der Waals surface area contributed by atoms with E-state index in [0.717, 1.165) is 0 Å². The molecule has 0 heterocycles. The zero-order valence-electron chi connectivity index (χ0n) is 6.42. The fourth-order valence-electron chi connectivity index (χ4n) is 0.427. The SMILES string of the molecule is C=CC=C[SiH2]OC(C)C=C. The molecule has 0 rings (SSSR count). The van der Waals surface area contributed by atoms with Gasteiger partial charge in [0.1, 0.15) is 0 Å². The van der Waals surface area contributed by atoms with Crippen molar-refractivity contribution in [2.75, 3.05) is 0 Å². The molecule has 0 aliphatic rings. The summed E-state index contributed by atoms with van der Waals surface area (Å²) in [5.74, 6) is 0. The van der Waals surface area contributed by atoms with Gasteiger partial charge in [0.05, 0.1) is 6.10 Å². The van der Waals surface area contributed by atoms with Crippen LogP contribution in [0.5, 0.6) is 0 Å². The second-order valence-electron chi connectivity index (χ2n) is 1.94. The maximum atomic E-state index is 5.38. The lowest BCUT2D eigenvalue weighted by Gasteiger charge is -2.03. The topological polar surface area (TPSA) is 9.23 Å². The lowest BCUT2D eigenvalue weighted by atomic mass is 10.4. The molecule has 0 aromatic carbocycles. The minimum absolute atomic E-state index is 0.195. The van der Waals surface area contributed by atoms with Crippen LogP contribution in [0.4, 0.5) is 0 Å². The van der Waals surface area contributed by atoms with Crippen molar-refractivity contribution in [3.63, 3.8) is 0 Å². The average molecular weight is 154 g/mol. The summed E-state index contributed by atoms with van der Waals surface area (Å²) < 4.78 is 5.38. The van der Waals surface area contributed by atoms with Gasteiger partial charge in [-0.15, -0.1) is 6.58 Å². The van der Waals surface area contributed by atoms with Gasteiger partial charge < -0.3 is 4.43 Å². The first-order valence-electron chi connectivity index (χ1n) is 3.33. The molecule has 0 aliphatic heterocycles. The first-order chi connectivity index (χ1) is 4.81. The zero-order valence-corrected chi connectivity index (χ0v) is 7.83. The van der Waals surface area contributed by atoms with E-state index in [2.05, 4.69) is 13.2 Å². The van der Waals surface area contributed by atoms with Crippen molar-refractivity contribution in [3.8, 4) is 0 Å². The van der Waals surface area contributed by atoms with Crippen molar-refractivity contribution in [2.45, 2.75) is 13.0 Å². The molecule has 0 saturated heterocycles. The van der Waals surface area contributed by atoms with Gasteiger partial charge in [0.2, 0.25) is 0 Å². The molecule has 0 N–H and O–H groups in total. The maximum absolute atomic E-state index is 5.38. The third-order valence-corrected chi connectivity index (χ3v) is 2.24. The van der Waals surface area contributed by atoms with Gasteiger partial charge >= 0.3 is 0 Å². The van der Waals surface area contributed by atoms with Crippen molar-refractivity contribution in [1.82, 2.24) is 0 Å². The van der Waals surface area contributed by atoms with Gasteiger partial charge in [-0.2, -0.15) is 0 Å². The van der Waals surface area contributed by atoms with Crippen LogP contribution in [0.1, 0.15) is 6.92 Å². The third kappa shape index (κ3) is 5.53. The lowest BCUT2D eigenvalue weighted by molar-refractivity contribution is 0.290. The van der Waals surface area contributed by atoms with E-state index in [1.165, 1.54) is 0 Å². The van der Waals surface area contributed by atoms with Crippen molar-refractivity contribution < 1.29 is 4.43 Å². The Labute approximate surface area is 65.0 Å². The van der Waals surface area contributed by atoms with Crippen LogP contribution < -0.4 is 0 Å². The highest BCUT2D eigenvalue weighted by atomic mass is 28.2. The van der Waals surface area contributed by atoms with Crippen LogP contribution in [0.15, 0.2) is 37.1 Å². The van der Waals surface area contributed by atoms with Crippen molar-refractivity contribution in [1.29, 1.82) is 0 Å². The van der Waals surface area contributed by atoms with Gasteiger partial charge in [-0.05, 0) is 6.92 Å². The number of hydrogen-bond acceptors (Lipinski definition) is 1. The minimum atomic E-state index is -0.481. The standard InChI is InChI=1S/C8H14OSi/c1-4-6-7-10-9-8(3)5-2/h4-8H,1-2,10H2,3H3. The smallest absolute Gasteiger partial charge is 0.185 e. The normalized spacial score (nSPS) is 14.5. The molecule has 0 saturated carbocycles. The molecule has 0 radical (unpaired) electrons. The summed E-state index contributed by atoms with van der Waals surface area (Å²) in [6.45, 7) is 9.16. The Hall–Kier alpha value is -0.603. The summed E-state index contributed by atoms with van der Waals surface area (Å²) in [7, 11) is -0.481. The van der Waals surface area contributed by atoms with E-state index in [9.17, 15) is 0 Å². The second kappa shape index (κ2) is 6.52. The molecular weight excluding hydrogens is 140 g/mol. The van der Waals surface area contributed by atoms with Gasteiger partial charge in [-0.25, -0.2) is 0 Å². The highest BCUT2D eigenvalue weighted by molar-refractivity contribution is 6.34. The molecule has 0 bridgehead atoms. The van der Waals surface area contributed by atoms with E-state index in [1.54, 1.807) is 12.2 Å². The summed E-state index contributed by atoms with van der Waals surface area (Å²) in [5.41, 5.74) is 2.05. The first kappa shape index (κ1) is 9.40. The molecule has 0 spiro atoms. The van der Waals surface area contributed by atoms with Gasteiger partial charge in [-0.1, -0.05) is 30.5 Å². The van der Waals surface area contributed by atoms with Gasteiger partial charge in [0, 0.05) is 0 Å².